The van der Waals surface area contributed by atoms with Crippen LogP contribution in [0.25, 0.3) is 0 Å². The molecule has 0 heterocycles. The Bertz CT molecular complexity index is 323. The quantitative estimate of drug-likeness (QED) is 0.571. The van der Waals surface area contributed by atoms with Crippen LogP contribution in [0.3, 0.4) is 0 Å². The Hall–Kier alpha value is -1.36. The summed E-state index contributed by atoms with van der Waals surface area (Å²) >= 11 is 0. The van der Waals surface area contributed by atoms with Gasteiger partial charge in [-0.15, -0.1) is 0 Å². The number of rotatable bonds is 4. The molecule has 2 atom stereocenters. The lowest BCUT2D eigenvalue weighted by Gasteiger charge is -2.26. The standard InChI is InChI=1S/C11H19N3O2/c1-11(2,6-9(13)15)14-10(16)7-3-4-8(12)5-7/h3-4,7-8H,5-6,12H2,1-2H3,(H2,13,15)(H,14,16). The van der Waals surface area contributed by atoms with E-state index in [9.17, 15) is 9.59 Å². The van der Waals surface area contributed by atoms with E-state index in [1.165, 1.54) is 0 Å². The maximum atomic E-state index is 11.8. The van der Waals surface area contributed by atoms with Gasteiger partial charge >= 0.3 is 0 Å². The lowest BCUT2D eigenvalue weighted by molar-refractivity contribution is -0.126. The third-order valence-corrected chi connectivity index (χ3v) is 2.53. The Morgan fingerprint density at radius 3 is 2.50 bits per heavy atom. The summed E-state index contributed by atoms with van der Waals surface area (Å²) in [4.78, 5) is 22.6. The SMILES string of the molecule is CC(C)(CC(N)=O)NC(=O)C1C=CC(N)C1. The molecular weight excluding hydrogens is 206 g/mol. The highest BCUT2D eigenvalue weighted by Gasteiger charge is 2.28. The van der Waals surface area contributed by atoms with Crippen LogP contribution in [0.1, 0.15) is 26.7 Å². The summed E-state index contributed by atoms with van der Waals surface area (Å²) < 4.78 is 0. The number of primary amides is 1. The Morgan fingerprint density at radius 1 is 1.44 bits per heavy atom. The molecule has 5 N–H and O–H groups in total. The van der Waals surface area contributed by atoms with Crippen molar-refractivity contribution in [2.24, 2.45) is 17.4 Å². The van der Waals surface area contributed by atoms with Crippen LogP contribution in [0.4, 0.5) is 0 Å². The lowest BCUT2D eigenvalue weighted by Crippen LogP contribution is -2.48. The lowest BCUT2D eigenvalue weighted by atomic mass is 9.98. The van der Waals surface area contributed by atoms with Crippen LogP contribution < -0.4 is 16.8 Å². The number of hydrogen-bond donors (Lipinski definition) is 3. The summed E-state index contributed by atoms with van der Waals surface area (Å²) in [5.74, 6) is -0.721. The predicted octanol–water partition coefficient (Wildman–Crippen LogP) is -0.340. The highest BCUT2D eigenvalue weighted by molar-refractivity contribution is 5.83. The van der Waals surface area contributed by atoms with Crippen LogP contribution in [0, 0.1) is 5.92 Å². The van der Waals surface area contributed by atoms with Gasteiger partial charge in [-0.1, -0.05) is 12.2 Å². The van der Waals surface area contributed by atoms with E-state index in [1.807, 2.05) is 6.08 Å². The zero-order valence-corrected chi connectivity index (χ0v) is 9.69. The Morgan fingerprint density at radius 2 is 2.06 bits per heavy atom. The van der Waals surface area contributed by atoms with E-state index in [0.717, 1.165) is 0 Å². The van der Waals surface area contributed by atoms with Crippen molar-refractivity contribution in [3.63, 3.8) is 0 Å². The molecule has 2 amide bonds. The van der Waals surface area contributed by atoms with Crippen molar-refractivity contribution < 1.29 is 9.59 Å². The van der Waals surface area contributed by atoms with Crippen LogP contribution in [-0.4, -0.2) is 23.4 Å². The normalized spacial score (nSPS) is 24.4. The maximum absolute atomic E-state index is 11.8. The first-order valence-electron chi connectivity index (χ1n) is 5.34. The fraction of sp³-hybridized carbons (Fsp3) is 0.636. The van der Waals surface area contributed by atoms with Crippen molar-refractivity contribution in [1.29, 1.82) is 0 Å². The van der Waals surface area contributed by atoms with Crippen molar-refractivity contribution in [2.45, 2.75) is 38.3 Å². The van der Waals surface area contributed by atoms with E-state index < -0.39 is 11.4 Å². The van der Waals surface area contributed by atoms with Gasteiger partial charge in [0.2, 0.25) is 11.8 Å². The van der Waals surface area contributed by atoms with Gasteiger partial charge in [0.15, 0.2) is 0 Å². The van der Waals surface area contributed by atoms with Gasteiger partial charge in [0.25, 0.3) is 0 Å². The van der Waals surface area contributed by atoms with Crippen molar-refractivity contribution in [3.05, 3.63) is 12.2 Å². The molecule has 0 aliphatic heterocycles. The zero-order chi connectivity index (χ0) is 12.3. The first-order chi connectivity index (χ1) is 7.30. The second kappa shape index (κ2) is 4.65. The molecule has 5 nitrogen and oxygen atoms in total. The van der Waals surface area contributed by atoms with Crippen LogP contribution in [0.2, 0.25) is 0 Å². The van der Waals surface area contributed by atoms with Crippen molar-refractivity contribution in [1.82, 2.24) is 5.32 Å². The number of nitrogens with two attached hydrogens (primary N) is 2. The Labute approximate surface area is 95.2 Å². The molecule has 1 aliphatic rings. The van der Waals surface area contributed by atoms with Gasteiger partial charge in [-0.25, -0.2) is 0 Å². The van der Waals surface area contributed by atoms with Crippen LogP contribution >= 0.6 is 0 Å². The summed E-state index contributed by atoms with van der Waals surface area (Å²) in [6, 6.07) is -0.0463. The highest BCUT2D eigenvalue weighted by atomic mass is 16.2. The summed E-state index contributed by atoms with van der Waals surface area (Å²) in [5.41, 5.74) is 10.2. The average molecular weight is 225 g/mol. The zero-order valence-electron chi connectivity index (χ0n) is 9.69. The minimum atomic E-state index is -0.608. The molecule has 2 unspecified atom stereocenters. The van der Waals surface area contributed by atoms with E-state index in [-0.39, 0.29) is 24.3 Å². The van der Waals surface area contributed by atoms with E-state index in [0.29, 0.717) is 6.42 Å². The molecule has 0 saturated heterocycles. The molecule has 0 radical (unpaired) electrons. The fourth-order valence-corrected chi connectivity index (χ4v) is 1.83. The van der Waals surface area contributed by atoms with E-state index >= 15 is 0 Å². The Balaban J connectivity index is 2.51. The van der Waals surface area contributed by atoms with E-state index in [1.54, 1.807) is 19.9 Å². The topological polar surface area (TPSA) is 98.2 Å². The third kappa shape index (κ3) is 3.66. The van der Waals surface area contributed by atoms with Crippen molar-refractivity contribution in [3.8, 4) is 0 Å². The smallest absolute Gasteiger partial charge is 0.227 e. The number of carbonyl (C=O) groups is 2. The van der Waals surface area contributed by atoms with Crippen LogP contribution in [0.15, 0.2) is 12.2 Å². The maximum Gasteiger partial charge on any atom is 0.227 e. The molecule has 0 bridgehead atoms. The van der Waals surface area contributed by atoms with Gasteiger partial charge < -0.3 is 16.8 Å². The molecule has 5 heteroatoms. The number of hydrogen-bond acceptors (Lipinski definition) is 3. The second-order valence-corrected chi connectivity index (χ2v) is 4.91. The molecule has 90 valence electrons. The molecule has 0 fully saturated rings. The molecule has 16 heavy (non-hydrogen) atoms. The molecule has 0 spiro atoms. The van der Waals surface area contributed by atoms with Crippen molar-refractivity contribution in [2.75, 3.05) is 0 Å². The van der Waals surface area contributed by atoms with Gasteiger partial charge in [0.1, 0.15) is 0 Å². The average Bonchev–Trinajstić information content (AvgIpc) is 2.47. The van der Waals surface area contributed by atoms with E-state index in [4.69, 9.17) is 11.5 Å². The minimum Gasteiger partial charge on any atom is -0.370 e. The summed E-state index contributed by atoms with van der Waals surface area (Å²) in [6.45, 7) is 3.54. The minimum absolute atomic E-state index is 0.0463. The molecule has 0 aromatic heterocycles. The van der Waals surface area contributed by atoms with Gasteiger partial charge in [-0.3, -0.25) is 9.59 Å². The largest absolute Gasteiger partial charge is 0.370 e. The van der Waals surface area contributed by atoms with Crippen molar-refractivity contribution >= 4 is 11.8 Å². The highest BCUT2D eigenvalue weighted by Crippen LogP contribution is 2.18. The van der Waals surface area contributed by atoms with Gasteiger partial charge in [0, 0.05) is 18.0 Å². The molecule has 1 rings (SSSR count). The van der Waals surface area contributed by atoms with Crippen LogP contribution in [-0.2, 0) is 9.59 Å². The molecule has 0 aromatic carbocycles. The molecule has 1 aliphatic carbocycles. The van der Waals surface area contributed by atoms with Gasteiger partial charge in [0.05, 0.1) is 5.92 Å². The molecular formula is C11H19N3O2. The second-order valence-electron chi connectivity index (χ2n) is 4.91. The van der Waals surface area contributed by atoms with Crippen LogP contribution in [0.5, 0.6) is 0 Å². The molecule has 0 saturated carbocycles. The number of carbonyl (C=O) groups excluding carboxylic acids is 2. The monoisotopic (exact) mass is 225 g/mol. The fourth-order valence-electron chi connectivity index (χ4n) is 1.83. The first kappa shape index (κ1) is 12.7. The Kier molecular flexibility index (Phi) is 3.70. The third-order valence-electron chi connectivity index (χ3n) is 2.53. The predicted molar refractivity (Wildman–Crippen MR) is 61.3 cm³/mol. The van der Waals surface area contributed by atoms with Gasteiger partial charge in [-0.2, -0.15) is 0 Å². The summed E-state index contributed by atoms with van der Waals surface area (Å²) in [7, 11) is 0. The molecule has 0 aromatic rings. The first-order valence-corrected chi connectivity index (χ1v) is 5.34. The van der Waals surface area contributed by atoms with Gasteiger partial charge in [-0.05, 0) is 20.3 Å². The summed E-state index contributed by atoms with van der Waals surface area (Å²) in [6.07, 6.45) is 4.38. The number of amides is 2. The van der Waals surface area contributed by atoms with E-state index in [2.05, 4.69) is 5.32 Å². The number of nitrogens with one attached hydrogen (secondary N) is 1. The summed E-state index contributed by atoms with van der Waals surface area (Å²) in [5, 5.41) is 2.80.